The molecular formula is C25H22O3. The highest BCUT2D eigenvalue weighted by Gasteiger charge is 2.35. The molecule has 3 aromatic rings. The van der Waals surface area contributed by atoms with Gasteiger partial charge in [0, 0.05) is 11.1 Å². The zero-order valence-corrected chi connectivity index (χ0v) is 15.9. The molecule has 0 radical (unpaired) electrons. The molecule has 0 aromatic heterocycles. The Balaban J connectivity index is 1.74. The number of carbonyl (C=O) groups is 2. The molecule has 1 aliphatic carbocycles. The van der Waals surface area contributed by atoms with Gasteiger partial charge in [-0.3, -0.25) is 9.59 Å². The molecule has 0 spiro atoms. The van der Waals surface area contributed by atoms with E-state index < -0.39 is 5.92 Å². The highest BCUT2D eigenvalue weighted by atomic mass is 16.5. The van der Waals surface area contributed by atoms with Crippen LogP contribution in [0.4, 0.5) is 0 Å². The first-order valence-corrected chi connectivity index (χ1v) is 9.70. The van der Waals surface area contributed by atoms with Gasteiger partial charge in [-0.05, 0) is 34.7 Å². The molecule has 0 N–H and O–H groups in total. The van der Waals surface area contributed by atoms with Crippen molar-refractivity contribution in [3.63, 3.8) is 0 Å². The summed E-state index contributed by atoms with van der Waals surface area (Å²) in [5, 5.41) is 0. The molecule has 0 saturated heterocycles. The van der Waals surface area contributed by atoms with Gasteiger partial charge in [-0.2, -0.15) is 0 Å². The quantitative estimate of drug-likeness (QED) is 0.333. The molecule has 0 fully saturated rings. The van der Waals surface area contributed by atoms with Gasteiger partial charge in [0.2, 0.25) is 0 Å². The van der Waals surface area contributed by atoms with Crippen LogP contribution in [0.3, 0.4) is 0 Å². The molecule has 1 atom stereocenters. The lowest BCUT2D eigenvalue weighted by Crippen LogP contribution is -2.16. The van der Waals surface area contributed by atoms with Gasteiger partial charge in [-0.25, -0.2) is 0 Å². The first-order chi connectivity index (χ1) is 13.7. The minimum absolute atomic E-state index is 0.0440. The fourth-order valence-electron chi connectivity index (χ4n) is 3.76. The molecule has 4 rings (SSSR count). The normalized spacial score (nSPS) is 14.2. The van der Waals surface area contributed by atoms with E-state index in [-0.39, 0.29) is 11.8 Å². The van der Waals surface area contributed by atoms with Crippen molar-refractivity contribution >= 4 is 11.8 Å². The SMILES string of the molecule is CCCCOC(=O)C1c2ccccc2-c2ccc(C(=O)c3ccccc3)cc21. The maximum absolute atomic E-state index is 12.9. The average molecular weight is 370 g/mol. The lowest BCUT2D eigenvalue weighted by Gasteiger charge is -2.14. The Morgan fingerprint density at radius 3 is 2.32 bits per heavy atom. The summed E-state index contributed by atoms with van der Waals surface area (Å²) in [6.07, 6.45) is 1.82. The molecule has 140 valence electrons. The standard InChI is InChI=1S/C25H22O3/c1-2-3-15-28-25(27)23-21-12-8-7-11-19(21)20-14-13-18(16-22(20)23)24(26)17-9-5-4-6-10-17/h4-14,16,23H,2-3,15H2,1H3. The van der Waals surface area contributed by atoms with Crippen molar-refractivity contribution in [3.05, 3.63) is 95.1 Å². The summed E-state index contributed by atoms with van der Waals surface area (Å²) in [5.41, 5.74) is 5.06. The summed E-state index contributed by atoms with van der Waals surface area (Å²) in [6, 6.07) is 22.8. The third-order valence-corrected chi connectivity index (χ3v) is 5.20. The van der Waals surface area contributed by atoms with E-state index in [1.54, 1.807) is 12.1 Å². The molecule has 0 heterocycles. The lowest BCUT2D eigenvalue weighted by molar-refractivity contribution is -0.144. The molecule has 1 aliphatic rings. The van der Waals surface area contributed by atoms with Gasteiger partial charge in [-0.15, -0.1) is 0 Å². The summed E-state index contributed by atoms with van der Waals surface area (Å²) in [5.74, 6) is -0.770. The van der Waals surface area contributed by atoms with Gasteiger partial charge >= 0.3 is 5.97 Å². The molecule has 3 heteroatoms. The molecule has 28 heavy (non-hydrogen) atoms. The number of esters is 1. The zero-order valence-electron chi connectivity index (χ0n) is 15.9. The average Bonchev–Trinajstić information content (AvgIpc) is 3.07. The monoisotopic (exact) mass is 370 g/mol. The van der Waals surface area contributed by atoms with Gasteiger partial charge in [0.1, 0.15) is 5.92 Å². The van der Waals surface area contributed by atoms with Crippen molar-refractivity contribution in [2.24, 2.45) is 0 Å². The Kier molecular flexibility index (Phi) is 5.07. The van der Waals surface area contributed by atoms with Crippen LogP contribution in [0.25, 0.3) is 11.1 Å². The van der Waals surface area contributed by atoms with E-state index in [0.29, 0.717) is 17.7 Å². The topological polar surface area (TPSA) is 43.4 Å². The van der Waals surface area contributed by atoms with Crippen molar-refractivity contribution in [2.75, 3.05) is 6.61 Å². The van der Waals surface area contributed by atoms with Gasteiger partial charge in [0.25, 0.3) is 0 Å². The van der Waals surface area contributed by atoms with Crippen molar-refractivity contribution in [1.29, 1.82) is 0 Å². The van der Waals surface area contributed by atoms with Crippen LogP contribution in [0.2, 0.25) is 0 Å². The van der Waals surface area contributed by atoms with Crippen molar-refractivity contribution in [3.8, 4) is 11.1 Å². The van der Waals surface area contributed by atoms with Crippen LogP contribution in [-0.4, -0.2) is 18.4 Å². The fraction of sp³-hybridized carbons (Fsp3) is 0.200. The highest BCUT2D eigenvalue weighted by molar-refractivity contribution is 6.10. The highest BCUT2D eigenvalue weighted by Crippen LogP contribution is 2.45. The molecule has 1 unspecified atom stereocenters. The number of ether oxygens (including phenoxy) is 1. The predicted octanol–water partition coefficient (Wildman–Crippen LogP) is 5.37. The van der Waals surface area contributed by atoms with Crippen LogP contribution < -0.4 is 0 Å². The van der Waals surface area contributed by atoms with E-state index in [9.17, 15) is 9.59 Å². The number of hydrogen-bond acceptors (Lipinski definition) is 3. The van der Waals surface area contributed by atoms with E-state index in [4.69, 9.17) is 4.74 Å². The number of rotatable bonds is 6. The second-order valence-corrected chi connectivity index (χ2v) is 7.04. The number of unbranched alkanes of at least 4 members (excludes halogenated alkanes) is 1. The lowest BCUT2D eigenvalue weighted by atomic mass is 9.93. The molecule has 3 nitrogen and oxygen atoms in total. The van der Waals surface area contributed by atoms with E-state index in [1.165, 1.54) is 0 Å². The zero-order chi connectivity index (χ0) is 19.5. The fourth-order valence-corrected chi connectivity index (χ4v) is 3.76. The van der Waals surface area contributed by atoms with Crippen LogP contribution in [0.15, 0.2) is 72.8 Å². The van der Waals surface area contributed by atoms with E-state index in [2.05, 4.69) is 6.92 Å². The van der Waals surface area contributed by atoms with Crippen molar-refractivity contribution in [1.82, 2.24) is 0 Å². The van der Waals surface area contributed by atoms with Gasteiger partial charge in [0.15, 0.2) is 5.78 Å². The molecular weight excluding hydrogens is 348 g/mol. The Morgan fingerprint density at radius 2 is 1.54 bits per heavy atom. The molecule has 0 saturated carbocycles. The minimum atomic E-state index is -0.480. The Labute approximate surface area is 165 Å². The Hall–Kier alpha value is -3.20. The summed E-state index contributed by atoms with van der Waals surface area (Å²) in [4.78, 5) is 25.8. The number of carbonyl (C=O) groups excluding carboxylic acids is 2. The Morgan fingerprint density at radius 1 is 0.821 bits per heavy atom. The van der Waals surface area contributed by atoms with E-state index in [1.807, 2.05) is 60.7 Å². The maximum atomic E-state index is 12.9. The Bertz CT molecular complexity index is 1020. The largest absolute Gasteiger partial charge is 0.465 e. The predicted molar refractivity (Wildman–Crippen MR) is 109 cm³/mol. The summed E-state index contributed by atoms with van der Waals surface area (Å²) in [6.45, 7) is 2.49. The van der Waals surface area contributed by atoms with E-state index in [0.717, 1.165) is 35.1 Å². The van der Waals surface area contributed by atoms with E-state index >= 15 is 0 Å². The van der Waals surface area contributed by atoms with Gasteiger partial charge in [0.05, 0.1) is 6.61 Å². The van der Waals surface area contributed by atoms with Gasteiger partial charge < -0.3 is 4.74 Å². The molecule has 3 aromatic carbocycles. The number of fused-ring (bicyclic) bond motifs is 3. The van der Waals surface area contributed by atoms with Crippen LogP contribution in [0.1, 0.15) is 52.7 Å². The molecule has 0 bridgehead atoms. The smallest absolute Gasteiger partial charge is 0.317 e. The second-order valence-electron chi connectivity index (χ2n) is 7.04. The maximum Gasteiger partial charge on any atom is 0.317 e. The van der Waals surface area contributed by atoms with Gasteiger partial charge in [-0.1, -0.05) is 80.1 Å². The minimum Gasteiger partial charge on any atom is -0.465 e. The van der Waals surface area contributed by atoms with Crippen LogP contribution in [-0.2, 0) is 9.53 Å². The van der Waals surface area contributed by atoms with Crippen molar-refractivity contribution < 1.29 is 14.3 Å². The van der Waals surface area contributed by atoms with Crippen molar-refractivity contribution in [2.45, 2.75) is 25.7 Å². The number of ketones is 1. The molecule has 0 amide bonds. The third kappa shape index (κ3) is 3.24. The summed E-state index contributed by atoms with van der Waals surface area (Å²) in [7, 11) is 0. The number of benzene rings is 3. The summed E-state index contributed by atoms with van der Waals surface area (Å²) >= 11 is 0. The van der Waals surface area contributed by atoms with Crippen LogP contribution >= 0.6 is 0 Å². The number of hydrogen-bond donors (Lipinski definition) is 0. The second kappa shape index (κ2) is 7.81. The third-order valence-electron chi connectivity index (χ3n) is 5.20. The van der Waals surface area contributed by atoms with Crippen LogP contribution in [0.5, 0.6) is 0 Å². The summed E-state index contributed by atoms with van der Waals surface area (Å²) < 4.78 is 5.54. The first kappa shape index (κ1) is 18.2. The van der Waals surface area contributed by atoms with Crippen LogP contribution in [0, 0.1) is 0 Å². The molecule has 0 aliphatic heterocycles. The first-order valence-electron chi connectivity index (χ1n) is 9.70.